The second-order valence-corrected chi connectivity index (χ2v) is 8.92. The lowest BCUT2D eigenvalue weighted by Crippen LogP contribution is -2.15. The molecule has 35 heavy (non-hydrogen) atoms. The number of pyridine rings is 3. The Morgan fingerprint density at radius 2 is 2.06 bits per heavy atom. The highest BCUT2D eigenvalue weighted by Crippen LogP contribution is 2.35. The molecule has 0 saturated heterocycles. The molecule has 0 aliphatic carbocycles. The van der Waals surface area contributed by atoms with Gasteiger partial charge in [-0.05, 0) is 50.7 Å². The molecule has 0 bridgehead atoms. The topological polar surface area (TPSA) is 108 Å². The monoisotopic (exact) mass is 471 g/mol. The van der Waals surface area contributed by atoms with Gasteiger partial charge in [-0.2, -0.15) is 0 Å². The predicted molar refractivity (Wildman–Crippen MR) is 136 cm³/mol. The normalized spacial score (nSPS) is 12.9. The second-order valence-electron chi connectivity index (χ2n) is 8.92. The maximum Gasteiger partial charge on any atom is 0.254 e. The van der Waals surface area contributed by atoms with Crippen LogP contribution < -0.4 is 10.6 Å². The number of H-pyrrole nitrogens is 1. The molecule has 3 N–H and O–H groups in total. The molecule has 0 saturated carbocycles. The zero-order valence-corrected chi connectivity index (χ0v) is 20.2. The van der Waals surface area contributed by atoms with Crippen molar-refractivity contribution in [3.05, 3.63) is 65.2 Å². The van der Waals surface area contributed by atoms with Crippen molar-refractivity contribution in [3.8, 4) is 11.3 Å². The number of nitrogens with zero attached hydrogens (tertiary/aromatic N) is 4. The van der Waals surface area contributed by atoms with Crippen LogP contribution in [0, 0.1) is 0 Å². The molecule has 1 aliphatic heterocycles. The minimum atomic E-state index is -0.116. The van der Waals surface area contributed by atoms with Crippen LogP contribution in [0.5, 0.6) is 0 Å². The number of fused-ring (bicyclic) bond motifs is 2. The minimum absolute atomic E-state index is 0.116. The maximum absolute atomic E-state index is 12.9. The number of ether oxygens (including phenoxy) is 1. The number of anilines is 2. The molecule has 4 aromatic heterocycles. The molecule has 0 radical (unpaired) electrons. The van der Waals surface area contributed by atoms with Gasteiger partial charge >= 0.3 is 0 Å². The molecule has 0 fully saturated rings. The number of nitrogens with one attached hydrogen (secondary N) is 3. The number of methoxy groups -OCH3 is 1. The molecule has 0 spiro atoms. The first-order chi connectivity index (χ1) is 17.0. The Morgan fingerprint density at radius 3 is 2.89 bits per heavy atom. The van der Waals surface area contributed by atoms with E-state index < -0.39 is 0 Å². The van der Waals surface area contributed by atoms with Crippen LogP contribution in [0.2, 0.25) is 0 Å². The third-order valence-corrected chi connectivity index (χ3v) is 6.14. The number of aromatic amines is 1. The van der Waals surface area contributed by atoms with Crippen LogP contribution in [0.15, 0.2) is 42.9 Å². The van der Waals surface area contributed by atoms with Gasteiger partial charge in [0.25, 0.3) is 5.91 Å². The van der Waals surface area contributed by atoms with E-state index in [-0.39, 0.29) is 5.91 Å². The van der Waals surface area contributed by atoms with E-state index in [1.807, 2.05) is 38.5 Å². The van der Waals surface area contributed by atoms with Crippen molar-refractivity contribution in [2.24, 2.45) is 0 Å². The van der Waals surface area contributed by atoms with Crippen LogP contribution in [0.4, 0.5) is 11.5 Å². The quantitative estimate of drug-likeness (QED) is 0.320. The van der Waals surface area contributed by atoms with Crippen molar-refractivity contribution < 1.29 is 9.53 Å². The highest BCUT2D eigenvalue weighted by Gasteiger charge is 2.28. The van der Waals surface area contributed by atoms with Gasteiger partial charge in [0.05, 0.1) is 28.8 Å². The fraction of sp³-hybridized carbons (Fsp3) is 0.308. The summed E-state index contributed by atoms with van der Waals surface area (Å²) in [6.07, 6.45) is 7.17. The summed E-state index contributed by atoms with van der Waals surface area (Å²) in [6.45, 7) is 1.87. The van der Waals surface area contributed by atoms with Crippen LogP contribution in [0.25, 0.3) is 22.3 Å². The van der Waals surface area contributed by atoms with Gasteiger partial charge in [-0.1, -0.05) is 6.07 Å². The van der Waals surface area contributed by atoms with Gasteiger partial charge < -0.3 is 25.3 Å². The van der Waals surface area contributed by atoms with E-state index in [0.29, 0.717) is 30.2 Å². The number of carbonyl (C=O) groups excluding carboxylic acids is 1. The molecule has 0 unspecified atom stereocenters. The van der Waals surface area contributed by atoms with Gasteiger partial charge in [-0.25, -0.2) is 9.97 Å². The van der Waals surface area contributed by atoms with E-state index in [4.69, 9.17) is 14.7 Å². The first-order valence-electron chi connectivity index (χ1n) is 11.7. The van der Waals surface area contributed by atoms with E-state index in [2.05, 4.69) is 31.6 Å². The maximum atomic E-state index is 12.9. The van der Waals surface area contributed by atoms with Crippen molar-refractivity contribution in [2.75, 3.05) is 33.1 Å². The third kappa shape index (κ3) is 4.60. The van der Waals surface area contributed by atoms with Crippen molar-refractivity contribution in [1.82, 2.24) is 30.2 Å². The van der Waals surface area contributed by atoms with Crippen LogP contribution in [0.1, 0.15) is 33.6 Å². The van der Waals surface area contributed by atoms with E-state index in [9.17, 15) is 4.79 Å². The zero-order chi connectivity index (χ0) is 24.4. The van der Waals surface area contributed by atoms with Gasteiger partial charge in [0.2, 0.25) is 0 Å². The molecule has 4 aromatic rings. The highest BCUT2D eigenvalue weighted by atomic mass is 16.5. The Hall–Kier alpha value is -3.82. The molecule has 9 nitrogen and oxygen atoms in total. The summed E-state index contributed by atoms with van der Waals surface area (Å²) in [5, 5.41) is 7.29. The number of hydrogen-bond donors (Lipinski definition) is 3. The summed E-state index contributed by atoms with van der Waals surface area (Å²) >= 11 is 0. The predicted octanol–water partition coefficient (Wildman–Crippen LogP) is 3.65. The molecule has 1 aliphatic rings. The summed E-state index contributed by atoms with van der Waals surface area (Å²) in [5.74, 6) is 0.570. The smallest absolute Gasteiger partial charge is 0.254 e. The summed E-state index contributed by atoms with van der Waals surface area (Å²) < 4.78 is 5.21. The van der Waals surface area contributed by atoms with Crippen molar-refractivity contribution >= 4 is 28.4 Å². The van der Waals surface area contributed by atoms with Gasteiger partial charge in [0.1, 0.15) is 11.5 Å². The van der Waals surface area contributed by atoms with E-state index in [1.54, 1.807) is 19.5 Å². The number of aromatic nitrogens is 4. The van der Waals surface area contributed by atoms with Gasteiger partial charge in [0.15, 0.2) is 0 Å². The summed E-state index contributed by atoms with van der Waals surface area (Å²) in [7, 11) is 5.78. The third-order valence-electron chi connectivity index (χ3n) is 6.14. The average Bonchev–Trinajstić information content (AvgIpc) is 3.48. The number of amides is 1. The van der Waals surface area contributed by atoms with Crippen molar-refractivity contribution in [3.63, 3.8) is 0 Å². The second kappa shape index (κ2) is 9.81. The van der Waals surface area contributed by atoms with Crippen molar-refractivity contribution in [1.29, 1.82) is 0 Å². The lowest BCUT2D eigenvalue weighted by molar-refractivity contribution is 0.0966. The molecule has 0 aromatic carbocycles. The first-order valence-corrected chi connectivity index (χ1v) is 11.7. The Balaban J connectivity index is 1.50. The molecule has 180 valence electrons. The molecular formula is C26H29N7O2. The van der Waals surface area contributed by atoms with Crippen LogP contribution in [-0.4, -0.2) is 58.6 Å². The van der Waals surface area contributed by atoms with Crippen LogP contribution >= 0.6 is 0 Å². The van der Waals surface area contributed by atoms with Crippen LogP contribution in [-0.2, 0) is 24.2 Å². The average molecular weight is 472 g/mol. The van der Waals surface area contributed by atoms with Gasteiger partial charge in [0, 0.05) is 55.7 Å². The fourth-order valence-electron chi connectivity index (χ4n) is 4.54. The van der Waals surface area contributed by atoms with Gasteiger partial charge in [-0.15, -0.1) is 0 Å². The fourth-order valence-corrected chi connectivity index (χ4v) is 4.54. The molecule has 1 amide bonds. The minimum Gasteiger partial charge on any atom is -0.385 e. The standard InChI is InChI=1S/C26H29N7O2/c1-33(2)15-21-16(5-4-12-35-3)6-7-22(32-21)31-20-14-29-24(19-13-30-26(34)23(19)20)17-8-10-27-25-18(17)9-11-28-25/h6-11,14H,4-5,12-13,15H2,1-3H3,(H,27,28)(H,30,34)(H,31,32). The number of carbonyl (C=O) groups is 1. The largest absolute Gasteiger partial charge is 0.385 e. The Labute approximate surface area is 204 Å². The number of aryl methyl sites for hydroxylation is 1. The Kier molecular flexibility index (Phi) is 6.43. The first kappa shape index (κ1) is 22.9. The molecule has 5 heterocycles. The number of hydrogen-bond acceptors (Lipinski definition) is 7. The highest BCUT2D eigenvalue weighted by molar-refractivity contribution is 6.06. The van der Waals surface area contributed by atoms with E-state index in [1.165, 1.54) is 5.56 Å². The van der Waals surface area contributed by atoms with Crippen molar-refractivity contribution in [2.45, 2.75) is 25.9 Å². The summed E-state index contributed by atoms with van der Waals surface area (Å²) in [4.78, 5) is 32.1. The molecule has 0 atom stereocenters. The zero-order valence-electron chi connectivity index (χ0n) is 20.2. The van der Waals surface area contributed by atoms with Crippen LogP contribution in [0.3, 0.4) is 0 Å². The lowest BCUT2D eigenvalue weighted by Gasteiger charge is -2.17. The SMILES string of the molecule is COCCCc1ccc(Nc2cnc(-c3ccnc4[nH]ccc34)c3c2C(=O)NC3)nc1CN(C)C. The van der Waals surface area contributed by atoms with E-state index in [0.717, 1.165) is 52.9 Å². The molecule has 9 heteroatoms. The Morgan fingerprint density at radius 1 is 1.17 bits per heavy atom. The molecular weight excluding hydrogens is 442 g/mol. The summed E-state index contributed by atoms with van der Waals surface area (Å²) in [5.41, 5.74) is 6.86. The number of rotatable bonds is 9. The lowest BCUT2D eigenvalue weighted by atomic mass is 10.0. The van der Waals surface area contributed by atoms with Gasteiger partial charge in [-0.3, -0.25) is 9.78 Å². The summed E-state index contributed by atoms with van der Waals surface area (Å²) in [6, 6.07) is 7.98. The Bertz CT molecular complexity index is 1380. The molecule has 5 rings (SSSR count). The van der Waals surface area contributed by atoms with E-state index >= 15 is 0 Å².